The number of hydrogen-bond acceptors (Lipinski definition) is 5. The topological polar surface area (TPSA) is 84.7 Å². The maximum absolute atomic E-state index is 12.5. The molecule has 7 heteroatoms. The Hall–Kier alpha value is -4.00. The van der Waals surface area contributed by atoms with Gasteiger partial charge in [0.2, 0.25) is 0 Å². The van der Waals surface area contributed by atoms with E-state index >= 15 is 0 Å². The minimum atomic E-state index is -0.122. The molecule has 0 saturated heterocycles. The van der Waals surface area contributed by atoms with Crippen molar-refractivity contribution in [2.75, 3.05) is 10.6 Å². The van der Waals surface area contributed by atoms with Crippen molar-refractivity contribution < 1.29 is 4.79 Å². The largest absolute Gasteiger partial charge is 0.339 e. The molecule has 0 unspecified atom stereocenters. The van der Waals surface area contributed by atoms with Gasteiger partial charge in [0.05, 0.1) is 0 Å². The molecule has 2 heterocycles. The van der Waals surface area contributed by atoms with Gasteiger partial charge >= 0.3 is 0 Å². The molecule has 0 bridgehead atoms. The van der Waals surface area contributed by atoms with Gasteiger partial charge in [-0.3, -0.25) is 4.79 Å². The molecule has 1 amide bonds. The third-order valence-electron chi connectivity index (χ3n) is 4.43. The molecule has 7 nitrogen and oxygen atoms in total. The zero-order valence-electron chi connectivity index (χ0n) is 16.1. The van der Waals surface area contributed by atoms with Crippen molar-refractivity contribution in [2.45, 2.75) is 13.8 Å². The Morgan fingerprint density at radius 1 is 0.931 bits per heavy atom. The van der Waals surface area contributed by atoms with Gasteiger partial charge in [0.1, 0.15) is 0 Å². The molecule has 4 aromatic rings. The first-order valence-electron chi connectivity index (χ1n) is 9.18. The zero-order chi connectivity index (χ0) is 20.2. The van der Waals surface area contributed by atoms with Crippen LogP contribution in [-0.2, 0) is 0 Å². The van der Waals surface area contributed by atoms with Crippen LogP contribution in [0.15, 0.2) is 73.1 Å². The smallest absolute Gasteiger partial charge is 0.255 e. The molecule has 0 radical (unpaired) electrons. The maximum atomic E-state index is 12.5. The van der Waals surface area contributed by atoms with Gasteiger partial charge < -0.3 is 10.6 Å². The van der Waals surface area contributed by atoms with Crippen LogP contribution in [0.25, 0.3) is 5.82 Å². The molecule has 29 heavy (non-hydrogen) atoms. The minimum absolute atomic E-state index is 0.122. The van der Waals surface area contributed by atoms with Crippen molar-refractivity contribution in [3.8, 4) is 5.82 Å². The van der Waals surface area contributed by atoms with Crippen molar-refractivity contribution in [1.82, 2.24) is 20.0 Å². The van der Waals surface area contributed by atoms with E-state index in [4.69, 9.17) is 0 Å². The summed E-state index contributed by atoms with van der Waals surface area (Å²) in [5.41, 5.74) is 4.33. The summed E-state index contributed by atoms with van der Waals surface area (Å²) in [7, 11) is 0. The lowest BCUT2D eigenvalue weighted by atomic mass is 10.1. The van der Waals surface area contributed by atoms with Gasteiger partial charge in [0.25, 0.3) is 5.91 Å². The van der Waals surface area contributed by atoms with E-state index in [9.17, 15) is 4.79 Å². The number of anilines is 3. The molecule has 0 saturated carbocycles. The molecular weight excluding hydrogens is 364 g/mol. The van der Waals surface area contributed by atoms with Crippen LogP contribution in [0, 0.1) is 13.8 Å². The molecule has 0 aliphatic rings. The summed E-state index contributed by atoms with van der Waals surface area (Å²) in [4.78, 5) is 12.5. The second-order valence-corrected chi connectivity index (χ2v) is 6.70. The van der Waals surface area contributed by atoms with E-state index in [0.29, 0.717) is 17.2 Å². The summed E-state index contributed by atoms with van der Waals surface area (Å²) in [5.74, 6) is 1.14. The molecule has 4 rings (SSSR count). The number of hydrogen-bond donors (Lipinski definition) is 2. The van der Waals surface area contributed by atoms with Gasteiger partial charge in [-0.2, -0.15) is 5.10 Å². The molecule has 144 valence electrons. The van der Waals surface area contributed by atoms with E-state index in [1.54, 1.807) is 10.9 Å². The van der Waals surface area contributed by atoms with Crippen LogP contribution in [0.3, 0.4) is 0 Å². The molecule has 0 fully saturated rings. The predicted molar refractivity (Wildman–Crippen MR) is 113 cm³/mol. The number of amides is 1. The number of aromatic nitrogens is 4. The SMILES string of the molecule is Cc1ccc(C(=O)Nc2ccc(Nc3ccc(-n4cccn4)nn3)cc2)c(C)c1. The minimum Gasteiger partial charge on any atom is -0.339 e. The second kappa shape index (κ2) is 7.93. The highest BCUT2D eigenvalue weighted by atomic mass is 16.1. The molecule has 2 N–H and O–H groups in total. The highest BCUT2D eigenvalue weighted by Crippen LogP contribution is 2.19. The van der Waals surface area contributed by atoms with Crippen LogP contribution in [0.5, 0.6) is 0 Å². The van der Waals surface area contributed by atoms with Crippen molar-refractivity contribution in [3.05, 3.63) is 89.7 Å². The Morgan fingerprint density at radius 2 is 1.72 bits per heavy atom. The molecule has 0 aliphatic heterocycles. The number of nitrogens with zero attached hydrogens (tertiary/aromatic N) is 4. The van der Waals surface area contributed by atoms with Crippen LogP contribution in [-0.4, -0.2) is 25.9 Å². The van der Waals surface area contributed by atoms with Gasteiger partial charge in [-0.15, -0.1) is 10.2 Å². The Kier molecular flexibility index (Phi) is 5.03. The first kappa shape index (κ1) is 18.4. The fourth-order valence-electron chi connectivity index (χ4n) is 2.97. The number of benzene rings is 2. The fourth-order valence-corrected chi connectivity index (χ4v) is 2.97. The lowest BCUT2D eigenvalue weighted by molar-refractivity contribution is 0.102. The van der Waals surface area contributed by atoms with Crippen molar-refractivity contribution in [3.63, 3.8) is 0 Å². The Morgan fingerprint density at radius 3 is 2.38 bits per heavy atom. The lowest BCUT2D eigenvalue weighted by Gasteiger charge is -2.10. The van der Waals surface area contributed by atoms with E-state index in [2.05, 4.69) is 25.9 Å². The van der Waals surface area contributed by atoms with Gasteiger partial charge in [-0.05, 0) is 67.9 Å². The number of carbonyl (C=O) groups is 1. The molecule has 2 aromatic heterocycles. The third-order valence-corrected chi connectivity index (χ3v) is 4.43. The summed E-state index contributed by atoms with van der Waals surface area (Å²) in [6.45, 7) is 3.95. The van der Waals surface area contributed by atoms with Crippen LogP contribution in [0.4, 0.5) is 17.2 Å². The molecule has 0 atom stereocenters. The fraction of sp³-hybridized carbons (Fsp3) is 0.0909. The molecular formula is C22H20N6O. The van der Waals surface area contributed by atoms with E-state index in [1.165, 1.54) is 0 Å². The average molecular weight is 384 g/mol. The van der Waals surface area contributed by atoms with Gasteiger partial charge in [-0.25, -0.2) is 4.68 Å². The lowest BCUT2D eigenvalue weighted by Crippen LogP contribution is -2.13. The van der Waals surface area contributed by atoms with E-state index in [0.717, 1.165) is 22.5 Å². The van der Waals surface area contributed by atoms with Crippen LogP contribution >= 0.6 is 0 Å². The number of nitrogens with one attached hydrogen (secondary N) is 2. The summed E-state index contributed by atoms with van der Waals surface area (Å²) in [6, 6.07) is 18.7. The standard InChI is InChI=1S/C22H20N6O/c1-15-4-9-19(16(2)14-15)22(29)25-18-7-5-17(6-8-18)24-20-10-11-21(27-26-20)28-13-3-12-23-28/h3-14H,1-2H3,(H,24,26)(H,25,29). The van der Waals surface area contributed by atoms with Crippen molar-refractivity contribution >= 4 is 23.1 Å². The molecule has 0 aliphatic carbocycles. The Labute approximate surface area is 168 Å². The van der Waals surface area contributed by atoms with Crippen LogP contribution in [0.1, 0.15) is 21.5 Å². The number of rotatable bonds is 5. The Bertz CT molecular complexity index is 1120. The van der Waals surface area contributed by atoms with E-state index in [-0.39, 0.29) is 5.91 Å². The summed E-state index contributed by atoms with van der Waals surface area (Å²) < 4.78 is 1.64. The third kappa shape index (κ3) is 4.30. The summed E-state index contributed by atoms with van der Waals surface area (Å²) in [5, 5.41) is 18.6. The first-order chi connectivity index (χ1) is 14.1. The van der Waals surface area contributed by atoms with Gasteiger partial charge in [0.15, 0.2) is 11.6 Å². The average Bonchev–Trinajstić information content (AvgIpc) is 3.25. The number of aryl methyl sites for hydroxylation is 2. The number of carbonyl (C=O) groups excluding carboxylic acids is 1. The van der Waals surface area contributed by atoms with E-state index < -0.39 is 0 Å². The zero-order valence-corrected chi connectivity index (χ0v) is 16.1. The highest BCUT2D eigenvalue weighted by molar-refractivity contribution is 6.05. The van der Waals surface area contributed by atoms with Crippen molar-refractivity contribution in [1.29, 1.82) is 0 Å². The quantitative estimate of drug-likeness (QED) is 0.537. The maximum Gasteiger partial charge on any atom is 0.255 e. The van der Waals surface area contributed by atoms with Crippen LogP contribution < -0.4 is 10.6 Å². The highest BCUT2D eigenvalue weighted by Gasteiger charge is 2.09. The molecule has 2 aromatic carbocycles. The van der Waals surface area contributed by atoms with E-state index in [1.807, 2.05) is 80.7 Å². The molecule has 0 spiro atoms. The van der Waals surface area contributed by atoms with Gasteiger partial charge in [-0.1, -0.05) is 17.7 Å². The van der Waals surface area contributed by atoms with Gasteiger partial charge in [0, 0.05) is 29.3 Å². The first-order valence-corrected chi connectivity index (χ1v) is 9.18. The Balaban J connectivity index is 1.40. The normalized spacial score (nSPS) is 10.6. The predicted octanol–water partition coefficient (Wildman–Crippen LogP) is 4.28. The monoisotopic (exact) mass is 384 g/mol. The van der Waals surface area contributed by atoms with Crippen LogP contribution in [0.2, 0.25) is 0 Å². The second-order valence-electron chi connectivity index (χ2n) is 6.70. The van der Waals surface area contributed by atoms with Crippen molar-refractivity contribution in [2.24, 2.45) is 0 Å². The summed E-state index contributed by atoms with van der Waals surface area (Å²) >= 11 is 0. The summed E-state index contributed by atoms with van der Waals surface area (Å²) in [6.07, 6.45) is 3.50.